The third-order valence-electron chi connectivity index (χ3n) is 7.15. The van der Waals surface area contributed by atoms with Crippen LogP contribution in [0.15, 0.2) is 96.1 Å². The van der Waals surface area contributed by atoms with E-state index in [1.165, 1.54) is 59.6 Å². The lowest BCUT2D eigenvalue weighted by Crippen LogP contribution is -2.43. The molecule has 7 nitrogen and oxygen atoms in total. The summed E-state index contributed by atoms with van der Waals surface area (Å²) >= 11 is 0. The number of pyridine rings is 1. The van der Waals surface area contributed by atoms with Gasteiger partial charge in [0.25, 0.3) is 11.8 Å². The first-order valence-electron chi connectivity index (χ1n) is 12.4. The minimum Gasteiger partial charge on any atom is -0.369 e. The SMILES string of the molecule is NC1=NC(c2ccc(F)cc2)(c2ccc(F)cc2)C(=O)N1Cc1cc(C(=O)N2Cc3ccccc3C2)ccn1. The van der Waals surface area contributed by atoms with Gasteiger partial charge in [-0.25, -0.2) is 13.8 Å². The highest BCUT2D eigenvalue weighted by Gasteiger charge is 2.50. The van der Waals surface area contributed by atoms with Gasteiger partial charge in [0.2, 0.25) is 0 Å². The molecule has 0 radical (unpaired) electrons. The molecule has 4 aromatic rings. The Morgan fingerprint density at radius 1 is 0.872 bits per heavy atom. The summed E-state index contributed by atoms with van der Waals surface area (Å²) in [6, 6.07) is 22.0. The zero-order chi connectivity index (χ0) is 27.1. The van der Waals surface area contributed by atoms with Crippen LogP contribution in [0.3, 0.4) is 0 Å². The van der Waals surface area contributed by atoms with Crippen LogP contribution in [0.4, 0.5) is 8.78 Å². The predicted octanol–water partition coefficient (Wildman–Crippen LogP) is 4.12. The lowest BCUT2D eigenvalue weighted by Gasteiger charge is -2.27. The molecule has 2 amide bonds. The number of hydrogen-bond acceptors (Lipinski definition) is 5. The number of carbonyl (C=O) groups is 2. The van der Waals surface area contributed by atoms with E-state index in [0.29, 0.717) is 35.5 Å². The zero-order valence-corrected chi connectivity index (χ0v) is 20.7. The van der Waals surface area contributed by atoms with Crippen molar-refractivity contribution in [1.82, 2.24) is 14.8 Å². The number of rotatable bonds is 5. The van der Waals surface area contributed by atoms with Crippen LogP contribution in [0.25, 0.3) is 0 Å². The summed E-state index contributed by atoms with van der Waals surface area (Å²) in [5.74, 6) is -1.65. The normalized spacial score (nSPS) is 15.8. The highest BCUT2D eigenvalue weighted by molar-refractivity contribution is 6.09. The molecule has 0 spiro atoms. The summed E-state index contributed by atoms with van der Waals surface area (Å²) in [5, 5.41) is 0. The van der Waals surface area contributed by atoms with Gasteiger partial charge in [-0.1, -0.05) is 48.5 Å². The summed E-state index contributed by atoms with van der Waals surface area (Å²) in [4.78, 5) is 39.2. The topological polar surface area (TPSA) is 91.9 Å². The second-order valence-corrected chi connectivity index (χ2v) is 9.55. The Morgan fingerprint density at radius 3 is 2.00 bits per heavy atom. The third-order valence-corrected chi connectivity index (χ3v) is 7.15. The van der Waals surface area contributed by atoms with Gasteiger partial charge in [0.1, 0.15) is 11.6 Å². The van der Waals surface area contributed by atoms with Crippen LogP contribution >= 0.6 is 0 Å². The first-order valence-corrected chi connectivity index (χ1v) is 12.4. The van der Waals surface area contributed by atoms with Gasteiger partial charge >= 0.3 is 0 Å². The number of aromatic nitrogens is 1. The number of guanidine groups is 1. The number of benzene rings is 3. The molecule has 0 unspecified atom stereocenters. The molecular formula is C30H23F2N5O2. The fourth-order valence-corrected chi connectivity index (χ4v) is 5.18. The number of amides is 2. The second-order valence-electron chi connectivity index (χ2n) is 9.55. The number of aliphatic imine (C=N–C) groups is 1. The van der Waals surface area contributed by atoms with E-state index in [2.05, 4.69) is 9.98 Å². The van der Waals surface area contributed by atoms with Crippen LogP contribution in [0.1, 0.15) is 38.3 Å². The Hall–Kier alpha value is -4.92. The van der Waals surface area contributed by atoms with Crippen LogP contribution in [0.2, 0.25) is 0 Å². The molecule has 0 fully saturated rings. The number of hydrogen-bond donors (Lipinski definition) is 1. The van der Waals surface area contributed by atoms with Crippen molar-refractivity contribution in [2.24, 2.45) is 10.7 Å². The van der Waals surface area contributed by atoms with E-state index in [1.54, 1.807) is 17.0 Å². The molecule has 3 aromatic carbocycles. The van der Waals surface area contributed by atoms with Crippen LogP contribution in [-0.4, -0.2) is 32.6 Å². The average Bonchev–Trinajstić information content (AvgIpc) is 3.49. The van der Waals surface area contributed by atoms with Crippen molar-refractivity contribution >= 4 is 17.8 Å². The predicted molar refractivity (Wildman–Crippen MR) is 140 cm³/mol. The standard InChI is InChI=1S/C30H23F2N5O2/c31-24-9-5-22(6-10-24)30(23-7-11-25(32)12-8-23)28(39)37(29(33)35-30)18-26-15-19(13-14-34-26)27(38)36-16-20-3-1-2-4-21(20)17-36/h1-15H,16-18H2,(H2,33,35). The van der Waals surface area contributed by atoms with Gasteiger partial charge in [0, 0.05) is 24.8 Å². The molecule has 6 rings (SSSR count). The Morgan fingerprint density at radius 2 is 1.44 bits per heavy atom. The van der Waals surface area contributed by atoms with Gasteiger partial charge in [0.15, 0.2) is 11.5 Å². The largest absolute Gasteiger partial charge is 0.369 e. The van der Waals surface area contributed by atoms with Crippen molar-refractivity contribution in [3.63, 3.8) is 0 Å². The molecule has 2 N–H and O–H groups in total. The lowest BCUT2D eigenvalue weighted by molar-refractivity contribution is -0.130. The van der Waals surface area contributed by atoms with Crippen molar-refractivity contribution in [2.45, 2.75) is 25.2 Å². The van der Waals surface area contributed by atoms with Crippen LogP contribution in [0.5, 0.6) is 0 Å². The van der Waals surface area contributed by atoms with Gasteiger partial charge in [0.05, 0.1) is 12.2 Å². The number of carbonyl (C=O) groups excluding carboxylic acids is 2. The summed E-state index contributed by atoms with van der Waals surface area (Å²) in [6.07, 6.45) is 1.52. The number of nitrogens with two attached hydrogens (primary N) is 1. The highest BCUT2D eigenvalue weighted by Crippen LogP contribution is 2.40. The molecule has 1 aromatic heterocycles. The molecule has 0 atom stereocenters. The third kappa shape index (κ3) is 4.21. The minimum atomic E-state index is -1.62. The Balaban J connectivity index is 1.29. The Bertz CT molecular complexity index is 1550. The van der Waals surface area contributed by atoms with Crippen molar-refractivity contribution < 1.29 is 18.4 Å². The average molecular weight is 524 g/mol. The van der Waals surface area contributed by atoms with Crippen LogP contribution in [0, 0.1) is 11.6 Å². The van der Waals surface area contributed by atoms with E-state index in [0.717, 1.165) is 11.1 Å². The van der Waals surface area contributed by atoms with Gasteiger partial charge in [-0.2, -0.15) is 0 Å². The molecular weight excluding hydrogens is 500 g/mol. The maximum absolute atomic E-state index is 14.0. The molecule has 0 bridgehead atoms. The van der Waals surface area contributed by atoms with Crippen molar-refractivity contribution in [1.29, 1.82) is 0 Å². The molecule has 0 saturated heterocycles. The fraction of sp³-hybridized carbons (Fsp3) is 0.133. The quantitative estimate of drug-likeness (QED) is 0.426. The van der Waals surface area contributed by atoms with Crippen LogP contribution in [-0.2, 0) is 30.0 Å². The van der Waals surface area contributed by atoms with Crippen LogP contribution < -0.4 is 5.73 Å². The fourth-order valence-electron chi connectivity index (χ4n) is 5.18. The van der Waals surface area contributed by atoms with Crippen molar-refractivity contribution in [3.8, 4) is 0 Å². The Kier molecular flexibility index (Phi) is 5.91. The molecule has 194 valence electrons. The molecule has 39 heavy (non-hydrogen) atoms. The zero-order valence-electron chi connectivity index (χ0n) is 20.7. The summed E-state index contributed by atoms with van der Waals surface area (Å²) in [6.45, 7) is 1.00. The highest BCUT2D eigenvalue weighted by atomic mass is 19.1. The van der Waals surface area contributed by atoms with E-state index < -0.39 is 23.1 Å². The molecule has 2 aliphatic rings. The van der Waals surface area contributed by atoms with E-state index in [1.807, 2.05) is 24.3 Å². The van der Waals surface area contributed by atoms with Gasteiger partial charge in [-0.05, 0) is 58.7 Å². The molecule has 3 heterocycles. The van der Waals surface area contributed by atoms with E-state index in [4.69, 9.17) is 5.73 Å². The van der Waals surface area contributed by atoms with Crippen molar-refractivity contribution in [2.75, 3.05) is 0 Å². The number of halogens is 2. The second kappa shape index (κ2) is 9.43. The van der Waals surface area contributed by atoms with Gasteiger partial charge in [-0.15, -0.1) is 0 Å². The van der Waals surface area contributed by atoms with Gasteiger partial charge < -0.3 is 10.6 Å². The lowest BCUT2D eigenvalue weighted by atomic mass is 9.82. The summed E-state index contributed by atoms with van der Waals surface area (Å²) in [7, 11) is 0. The van der Waals surface area contributed by atoms with Gasteiger partial charge in [-0.3, -0.25) is 19.5 Å². The summed E-state index contributed by atoms with van der Waals surface area (Å²) < 4.78 is 27.5. The summed E-state index contributed by atoms with van der Waals surface area (Å²) in [5.41, 5.74) is 8.54. The first kappa shape index (κ1) is 24.4. The van der Waals surface area contributed by atoms with E-state index in [-0.39, 0.29) is 18.4 Å². The monoisotopic (exact) mass is 523 g/mol. The van der Waals surface area contributed by atoms with E-state index in [9.17, 15) is 18.4 Å². The number of nitrogens with zero attached hydrogens (tertiary/aromatic N) is 4. The number of fused-ring (bicyclic) bond motifs is 1. The van der Waals surface area contributed by atoms with Crippen molar-refractivity contribution in [3.05, 3.63) is 136 Å². The molecule has 2 aliphatic heterocycles. The first-order chi connectivity index (χ1) is 18.8. The Labute approximate surface area is 223 Å². The maximum atomic E-state index is 14.0. The maximum Gasteiger partial charge on any atom is 0.266 e. The van der Waals surface area contributed by atoms with E-state index >= 15 is 0 Å². The molecule has 0 saturated carbocycles. The molecule has 0 aliphatic carbocycles. The smallest absolute Gasteiger partial charge is 0.266 e. The molecule has 9 heteroatoms. The minimum absolute atomic E-state index is 0.0420.